The van der Waals surface area contributed by atoms with Gasteiger partial charge >= 0.3 is 0 Å². The molecule has 0 aliphatic carbocycles. The van der Waals surface area contributed by atoms with Crippen LogP contribution in [0.25, 0.3) is 0 Å². The van der Waals surface area contributed by atoms with Gasteiger partial charge in [0.05, 0.1) is 15.9 Å². The van der Waals surface area contributed by atoms with Gasteiger partial charge in [-0.1, -0.05) is 6.92 Å². The summed E-state index contributed by atoms with van der Waals surface area (Å²) in [6.45, 7) is 2.09. The average Bonchev–Trinajstić information content (AvgIpc) is 2.64. The Kier molecular flexibility index (Phi) is 4.45. The summed E-state index contributed by atoms with van der Waals surface area (Å²) >= 11 is 5.27. The van der Waals surface area contributed by atoms with Crippen LogP contribution < -0.4 is 0 Å². The summed E-state index contributed by atoms with van der Waals surface area (Å²) in [6.07, 6.45) is 0.912. The number of halogens is 2. The van der Waals surface area contributed by atoms with E-state index in [4.69, 9.17) is 0 Å². The molecule has 0 unspecified atom stereocenters. The summed E-state index contributed by atoms with van der Waals surface area (Å²) in [5, 5.41) is 4.45. The van der Waals surface area contributed by atoms with Crippen LogP contribution in [-0.2, 0) is 19.2 Å². The van der Waals surface area contributed by atoms with E-state index in [1.165, 1.54) is 12.1 Å². The number of aromatic nitrogens is 2. The SMILES string of the molecule is CCc1nn(C)c(CSc2ccc(F)cc2)c1Br. The van der Waals surface area contributed by atoms with Crippen molar-refractivity contribution in [2.24, 2.45) is 7.05 Å². The van der Waals surface area contributed by atoms with Crippen LogP contribution in [0.5, 0.6) is 0 Å². The highest BCUT2D eigenvalue weighted by Crippen LogP contribution is 2.29. The van der Waals surface area contributed by atoms with Crippen molar-refractivity contribution >= 4 is 27.7 Å². The van der Waals surface area contributed by atoms with Gasteiger partial charge in [0.2, 0.25) is 0 Å². The van der Waals surface area contributed by atoms with Gasteiger partial charge < -0.3 is 0 Å². The monoisotopic (exact) mass is 328 g/mol. The quantitative estimate of drug-likeness (QED) is 0.783. The molecule has 0 amide bonds. The summed E-state index contributed by atoms with van der Waals surface area (Å²) in [6, 6.07) is 6.56. The lowest BCUT2D eigenvalue weighted by Gasteiger charge is -2.03. The Balaban J connectivity index is 2.10. The van der Waals surface area contributed by atoms with E-state index in [0.29, 0.717) is 0 Å². The minimum absolute atomic E-state index is 0.200. The molecule has 2 aromatic rings. The lowest BCUT2D eigenvalue weighted by Crippen LogP contribution is -1.96. The standard InChI is InChI=1S/C13H14BrFN2S/c1-3-11-13(14)12(17(2)16-11)8-18-10-6-4-9(15)5-7-10/h4-7H,3,8H2,1-2H3. The smallest absolute Gasteiger partial charge is 0.123 e. The van der Waals surface area contributed by atoms with Crippen molar-refractivity contribution in [2.75, 3.05) is 0 Å². The second kappa shape index (κ2) is 5.89. The Labute approximate surface area is 119 Å². The molecule has 0 atom stereocenters. The molecule has 0 bridgehead atoms. The van der Waals surface area contributed by atoms with Crippen LogP contribution in [0.4, 0.5) is 4.39 Å². The van der Waals surface area contributed by atoms with Crippen molar-refractivity contribution in [3.05, 3.63) is 45.9 Å². The van der Waals surface area contributed by atoms with E-state index in [2.05, 4.69) is 28.0 Å². The maximum atomic E-state index is 12.8. The largest absolute Gasteiger partial charge is 0.270 e. The summed E-state index contributed by atoms with van der Waals surface area (Å²) in [5.74, 6) is 0.616. The first kappa shape index (κ1) is 13.6. The van der Waals surface area contributed by atoms with Crippen molar-refractivity contribution in [1.82, 2.24) is 9.78 Å². The molecule has 1 heterocycles. The number of rotatable bonds is 4. The third-order valence-electron chi connectivity index (χ3n) is 2.69. The first-order valence-electron chi connectivity index (χ1n) is 5.70. The van der Waals surface area contributed by atoms with Crippen LogP contribution in [0.2, 0.25) is 0 Å². The predicted molar refractivity (Wildman–Crippen MR) is 76.2 cm³/mol. The molecule has 0 saturated heterocycles. The lowest BCUT2D eigenvalue weighted by molar-refractivity contribution is 0.626. The van der Waals surface area contributed by atoms with Gasteiger partial charge in [0, 0.05) is 17.7 Å². The third-order valence-corrected chi connectivity index (χ3v) is 4.63. The summed E-state index contributed by atoms with van der Waals surface area (Å²) in [4.78, 5) is 1.06. The molecule has 1 aromatic carbocycles. The zero-order valence-corrected chi connectivity index (χ0v) is 12.7. The molecule has 0 radical (unpaired) electrons. The van der Waals surface area contributed by atoms with Crippen LogP contribution in [0.15, 0.2) is 33.6 Å². The molecule has 0 N–H and O–H groups in total. The zero-order chi connectivity index (χ0) is 13.1. The van der Waals surface area contributed by atoms with E-state index < -0.39 is 0 Å². The van der Waals surface area contributed by atoms with Crippen LogP contribution in [0.1, 0.15) is 18.3 Å². The highest BCUT2D eigenvalue weighted by atomic mass is 79.9. The van der Waals surface area contributed by atoms with Crippen LogP contribution in [-0.4, -0.2) is 9.78 Å². The molecule has 96 valence electrons. The van der Waals surface area contributed by atoms with Gasteiger partial charge in [-0.2, -0.15) is 5.10 Å². The molecular formula is C13H14BrFN2S. The minimum Gasteiger partial charge on any atom is -0.270 e. The average molecular weight is 329 g/mol. The van der Waals surface area contributed by atoms with Crippen molar-refractivity contribution < 1.29 is 4.39 Å². The van der Waals surface area contributed by atoms with Crippen molar-refractivity contribution in [3.63, 3.8) is 0 Å². The Morgan fingerprint density at radius 3 is 2.56 bits per heavy atom. The van der Waals surface area contributed by atoms with Crippen LogP contribution in [0, 0.1) is 5.82 Å². The van der Waals surface area contributed by atoms with Gasteiger partial charge in [-0.05, 0) is 46.6 Å². The Morgan fingerprint density at radius 1 is 1.33 bits per heavy atom. The second-order valence-corrected chi connectivity index (χ2v) is 5.77. The van der Waals surface area contributed by atoms with Gasteiger partial charge in [0.25, 0.3) is 0 Å². The molecule has 0 aliphatic rings. The Bertz CT molecular complexity index is 537. The van der Waals surface area contributed by atoms with E-state index >= 15 is 0 Å². The number of hydrogen-bond donors (Lipinski definition) is 0. The van der Waals surface area contributed by atoms with Gasteiger partial charge in [0.15, 0.2) is 0 Å². The van der Waals surface area contributed by atoms with Crippen molar-refractivity contribution in [3.8, 4) is 0 Å². The van der Waals surface area contributed by atoms with Gasteiger partial charge in [-0.3, -0.25) is 4.68 Å². The fourth-order valence-corrected chi connectivity index (χ4v) is 3.56. The molecule has 0 spiro atoms. The molecule has 0 fully saturated rings. The van der Waals surface area contributed by atoms with E-state index in [-0.39, 0.29) is 5.82 Å². The lowest BCUT2D eigenvalue weighted by atomic mass is 10.3. The first-order chi connectivity index (χ1) is 8.61. The fraction of sp³-hybridized carbons (Fsp3) is 0.308. The van der Waals surface area contributed by atoms with Gasteiger partial charge in [-0.15, -0.1) is 11.8 Å². The molecule has 0 aliphatic heterocycles. The van der Waals surface area contributed by atoms with Crippen molar-refractivity contribution in [1.29, 1.82) is 0 Å². The van der Waals surface area contributed by atoms with E-state index in [1.54, 1.807) is 23.9 Å². The zero-order valence-electron chi connectivity index (χ0n) is 10.3. The fourth-order valence-electron chi connectivity index (χ4n) is 1.66. The maximum absolute atomic E-state index is 12.8. The molecular weight excluding hydrogens is 315 g/mol. The number of nitrogens with zero attached hydrogens (tertiary/aromatic N) is 2. The molecule has 0 saturated carbocycles. The number of aryl methyl sites for hydroxylation is 2. The number of thioether (sulfide) groups is 1. The highest BCUT2D eigenvalue weighted by molar-refractivity contribution is 9.10. The molecule has 2 nitrogen and oxygen atoms in total. The van der Waals surface area contributed by atoms with Crippen molar-refractivity contribution in [2.45, 2.75) is 24.0 Å². The number of hydrogen-bond acceptors (Lipinski definition) is 2. The van der Waals surface area contributed by atoms with E-state index in [1.807, 2.05) is 11.7 Å². The maximum Gasteiger partial charge on any atom is 0.123 e. The topological polar surface area (TPSA) is 17.8 Å². The summed E-state index contributed by atoms with van der Waals surface area (Å²) in [7, 11) is 1.95. The van der Waals surface area contributed by atoms with E-state index in [9.17, 15) is 4.39 Å². The third kappa shape index (κ3) is 2.95. The molecule has 5 heteroatoms. The first-order valence-corrected chi connectivity index (χ1v) is 7.48. The second-order valence-electron chi connectivity index (χ2n) is 3.93. The van der Waals surface area contributed by atoms with E-state index in [0.717, 1.165) is 32.9 Å². The molecule has 18 heavy (non-hydrogen) atoms. The highest BCUT2D eigenvalue weighted by Gasteiger charge is 2.12. The Hall–Kier alpha value is -0.810. The Morgan fingerprint density at radius 2 is 2.00 bits per heavy atom. The van der Waals surface area contributed by atoms with Crippen LogP contribution in [0.3, 0.4) is 0 Å². The molecule has 1 aromatic heterocycles. The predicted octanol–water partition coefficient (Wildman–Crippen LogP) is 4.18. The number of benzene rings is 1. The summed E-state index contributed by atoms with van der Waals surface area (Å²) < 4.78 is 15.8. The summed E-state index contributed by atoms with van der Waals surface area (Å²) in [5.41, 5.74) is 2.23. The normalized spacial score (nSPS) is 10.9. The van der Waals surface area contributed by atoms with Gasteiger partial charge in [0.1, 0.15) is 5.82 Å². The molecule has 2 rings (SSSR count). The van der Waals surface area contributed by atoms with Gasteiger partial charge in [-0.25, -0.2) is 4.39 Å². The van der Waals surface area contributed by atoms with Crippen LogP contribution >= 0.6 is 27.7 Å². The minimum atomic E-state index is -0.200.